The van der Waals surface area contributed by atoms with E-state index in [9.17, 15) is 4.79 Å². The van der Waals surface area contributed by atoms with Crippen molar-refractivity contribution in [3.63, 3.8) is 0 Å². The second kappa shape index (κ2) is 7.14. The minimum Gasteiger partial charge on any atom is -0.477 e. The summed E-state index contributed by atoms with van der Waals surface area (Å²) in [4.78, 5) is 12.0. The van der Waals surface area contributed by atoms with E-state index >= 15 is 0 Å². The molecule has 0 saturated carbocycles. The fraction of sp³-hybridized carbons (Fsp3) is 0.533. The topological polar surface area (TPSA) is 59.6 Å². The van der Waals surface area contributed by atoms with Gasteiger partial charge in [-0.1, -0.05) is 26.0 Å². The minimum atomic E-state index is -0.491. The summed E-state index contributed by atoms with van der Waals surface area (Å²) in [7, 11) is 0. The van der Waals surface area contributed by atoms with Gasteiger partial charge in [0, 0.05) is 13.2 Å². The molecule has 1 atom stereocenters. The molecule has 0 bridgehead atoms. The van der Waals surface area contributed by atoms with Gasteiger partial charge in [-0.3, -0.25) is 4.79 Å². The first-order chi connectivity index (χ1) is 9.66. The molecule has 1 heterocycles. The van der Waals surface area contributed by atoms with Crippen LogP contribution in [-0.4, -0.2) is 38.3 Å². The van der Waals surface area contributed by atoms with E-state index in [1.165, 1.54) is 0 Å². The highest BCUT2D eigenvalue weighted by atomic mass is 16.5. The van der Waals surface area contributed by atoms with Gasteiger partial charge in [-0.05, 0) is 18.1 Å². The van der Waals surface area contributed by atoms with Crippen LogP contribution in [0.3, 0.4) is 0 Å². The third kappa shape index (κ3) is 4.13. The molecule has 0 spiro atoms. The molecular weight excluding hydrogens is 256 g/mol. The Morgan fingerprint density at radius 1 is 1.50 bits per heavy atom. The molecule has 110 valence electrons. The van der Waals surface area contributed by atoms with E-state index in [2.05, 4.69) is 24.5 Å². The molecule has 5 nitrogen and oxygen atoms in total. The van der Waals surface area contributed by atoms with E-state index in [-0.39, 0.29) is 5.91 Å². The first-order valence-electron chi connectivity index (χ1n) is 7.02. The zero-order valence-corrected chi connectivity index (χ0v) is 12.0. The maximum absolute atomic E-state index is 12.0. The second-order valence-electron chi connectivity index (χ2n) is 5.24. The molecular formula is C15H22N2O3. The Labute approximate surface area is 119 Å². The van der Waals surface area contributed by atoms with Crippen molar-refractivity contribution in [2.75, 3.05) is 31.6 Å². The van der Waals surface area contributed by atoms with Crippen LogP contribution in [0.5, 0.6) is 5.75 Å². The Morgan fingerprint density at radius 3 is 3.10 bits per heavy atom. The van der Waals surface area contributed by atoms with Gasteiger partial charge in [0.15, 0.2) is 6.10 Å². The van der Waals surface area contributed by atoms with Crippen LogP contribution < -0.4 is 15.4 Å². The number of carbonyl (C=O) groups is 1. The van der Waals surface area contributed by atoms with E-state index in [0.29, 0.717) is 32.2 Å². The van der Waals surface area contributed by atoms with Gasteiger partial charge in [-0.25, -0.2) is 0 Å². The van der Waals surface area contributed by atoms with Crippen LogP contribution >= 0.6 is 0 Å². The maximum atomic E-state index is 12.0. The predicted molar refractivity (Wildman–Crippen MR) is 78.0 cm³/mol. The summed E-state index contributed by atoms with van der Waals surface area (Å²) in [6, 6.07) is 7.61. The van der Waals surface area contributed by atoms with Crippen LogP contribution in [0.25, 0.3) is 0 Å². The smallest absolute Gasteiger partial charge is 0.263 e. The van der Waals surface area contributed by atoms with Crippen molar-refractivity contribution in [3.05, 3.63) is 24.3 Å². The van der Waals surface area contributed by atoms with Crippen LogP contribution in [0.2, 0.25) is 0 Å². The molecule has 1 aliphatic rings. The molecule has 20 heavy (non-hydrogen) atoms. The Morgan fingerprint density at radius 2 is 2.30 bits per heavy atom. The van der Waals surface area contributed by atoms with Gasteiger partial charge in [0.05, 0.1) is 18.8 Å². The molecule has 1 aromatic rings. The normalized spacial score (nSPS) is 17.1. The Hall–Kier alpha value is -1.75. The van der Waals surface area contributed by atoms with E-state index in [4.69, 9.17) is 9.47 Å². The number of fused-ring (bicyclic) bond motifs is 1. The van der Waals surface area contributed by atoms with Crippen molar-refractivity contribution in [2.45, 2.75) is 20.0 Å². The second-order valence-corrected chi connectivity index (χ2v) is 5.24. The number of ether oxygens (including phenoxy) is 2. The number of benzene rings is 1. The van der Waals surface area contributed by atoms with Crippen molar-refractivity contribution in [3.8, 4) is 5.75 Å². The van der Waals surface area contributed by atoms with E-state index in [0.717, 1.165) is 11.4 Å². The lowest BCUT2D eigenvalue weighted by Gasteiger charge is -2.26. The molecule has 1 amide bonds. The molecule has 1 aliphatic heterocycles. The van der Waals surface area contributed by atoms with Crippen molar-refractivity contribution in [1.29, 1.82) is 0 Å². The SMILES string of the molecule is CC(C)COCCNC(=O)C1CNc2ccccc2O1. The zero-order chi connectivity index (χ0) is 14.4. The summed E-state index contributed by atoms with van der Waals surface area (Å²) in [5, 5.41) is 6.02. The van der Waals surface area contributed by atoms with Crippen molar-refractivity contribution < 1.29 is 14.3 Å². The molecule has 2 N–H and O–H groups in total. The third-order valence-electron chi connectivity index (χ3n) is 2.92. The van der Waals surface area contributed by atoms with Crippen LogP contribution in [0.1, 0.15) is 13.8 Å². The first kappa shape index (κ1) is 14.7. The number of rotatable bonds is 6. The third-order valence-corrected chi connectivity index (χ3v) is 2.92. The summed E-state index contributed by atoms with van der Waals surface area (Å²) in [5.74, 6) is 1.11. The summed E-state index contributed by atoms with van der Waals surface area (Å²) in [6.07, 6.45) is -0.491. The largest absolute Gasteiger partial charge is 0.477 e. The van der Waals surface area contributed by atoms with Gasteiger partial charge in [0.2, 0.25) is 0 Å². The fourth-order valence-electron chi connectivity index (χ4n) is 1.94. The molecule has 0 aromatic heterocycles. The average molecular weight is 278 g/mol. The highest BCUT2D eigenvalue weighted by Gasteiger charge is 2.25. The molecule has 0 aliphatic carbocycles. The van der Waals surface area contributed by atoms with Crippen LogP contribution in [0.15, 0.2) is 24.3 Å². The summed E-state index contributed by atoms with van der Waals surface area (Å²) in [5.41, 5.74) is 0.928. The van der Waals surface area contributed by atoms with E-state index < -0.39 is 6.10 Å². The van der Waals surface area contributed by atoms with E-state index in [1.54, 1.807) is 0 Å². The van der Waals surface area contributed by atoms with Gasteiger partial charge in [0.25, 0.3) is 5.91 Å². The molecule has 0 saturated heterocycles. The zero-order valence-electron chi connectivity index (χ0n) is 12.0. The lowest BCUT2D eigenvalue weighted by atomic mass is 10.2. The number of para-hydroxylation sites is 2. The molecule has 5 heteroatoms. The number of carbonyl (C=O) groups excluding carboxylic acids is 1. The highest BCUT2D eigenvalue weighted by molar-refractivity contribution is 5.83. The quantitative estimate of drug-likeness (QED) is 0.777. The fourth-order valence-corrected chi connectivity index (χ4v) is 1.94. The van der Waals surface area contributed by atoms with Gasteiger partial charge in [0.1, 0.15) is 5.75 Å². The molecule has 0 radical (unpaired) electrons. The molecule has 1 unspecified atom stereocenters. The average Bonchev–Trinajstić information content (AvgIpc) is 2.46. The Bertz CT molecular complexity index is 448. The van der Waals surface area contributed by atoms with Crippen molar-refractivity contribution in [1.82, 2.24) is 5.32 Å². The van der Waals surface area contributed by atoms with Gasteiger partial charge >= 0.3 is 0 Å². The molecule has 1 aromatic carbocycles. The van der Waals surface area contributed by atoms with Crippen LogP contribution in [-0.2, 0) is 9.53 Å². The summed E-state index contributed by atoms with van der Waals surface area (Å²) in [6.45, 7) is 6.42. The predicted octanol–water partition coefficient (Wildman–Crippen LogP) is 1.65. The number of hydrogen-bond acceptors (Lipinski definition) is 4. The standard InChI is InChI=1S/C15H22N2O3/c1-11(2)10-19-8-7-16-15(18)14-9-17-12-5-3-4-6-13(12)20-14/h3-6,11,14,17H,7-10H2,1-2H3,(H,16,18). The maximum Gasteiger partial charge on any atom is 0.263 e. The number of nitrogens with one attached hydrogen (secondary N) is 2. The Balaban J connectivity index is 1.72. The Kier molecular flexibility index (Phi) is 5.24. The monoisotopic (exact) mass is 278 g/mol. The highest BCUT2D eigenvalue weighted by Crippen LogP contribution is 2.27. The van der Waals surface area contributed by atoms with E-state index in [1.807, 2.05) is 24.3 Å². The number of hydrogen-bond donors (Lipinski definition) is 2. The first-order valence-corrected chi connectivity index (χ1v) is 7.02. The molecule has 2 rings (SSSR count). The lowest BCUT2D eigenvalue weighted by molar-refractivity contribution is -0.127. The van der Waals surface area contributed by atoms with Crippen molar-refractivity contribution in [2.24, 2.45) is 5.92 Å². The number of anilines is 1. The van der Waals surface area contributed by atoms with Crippen LogP contribution in [0, 0.1) is 5.92 Å². The summed E-state index contributed by atoms with van der Waals surface area (Å²) >= 11 is 0. The van der Waals surface area contributed by atoms with Gasteiger partial charge in [-0.15, -0.1) is 0 Å². The number of amides is 1. The van der Waals surface area contributed by atoms with Crippen LogP contribution in [0.4, 0.5) is 5.69 Å². The van der Waals surface area contributed by atoms with Crippen molar-refractivity contribution >= 4 is 11.6 Å². The van der Waals surface area contributed by atoms with Gasteiger partial charge in [-0.2, -0.15) is 0 Å². The molecule has 0 fully saturated rings. The summed E-state index contributed by atoms with van der Waals surface area (Å²) < 4.78 is 11.1. The lowest BCUT2D eigenvalue weighted by Crippen LogP contribution is -2.45. The van der Waals surface area contributed by atoms with Gasteiger partial charge < -0.3 is 20.1 Å². The minimum absolute atomic E-state index is 0.111.